The van der Waals surface area contributed by atoms with Crippen molar-refractivity contribution in [2.75, 3.05) is 13.3 Å². The highest BCUT2D eigenvalue weighted by atomic mass is 32.2. The molecule has 11 nitrogen and oxygen atoms in total. The maximum absolute atomic E-state index is 12.4. The smallest absolute Gasteiger partial charge is 0.361 e. The summed E-state index contributed by atoms with van der Waals surface area (Å²) in [6.45, 7) is 1.62. The molecule has 1 aliphatic rings. The molecule has 3 rings (SSSR count). The van der Waals surface area contributed by atoms with Crippen molar-refractivity contribution < 1.29 is 22.3 Å². The highest BCUT2D eigenvalue weighted by Gasteiger charge is 2.32. The first-order valence-electron chi connectivity index (χ1n) is 8.53. The predicted molar refractivity (Wildman–Crippen MR) is 97.2 cm³/mol. The van der Waals surface area contributed by atoms with Crippen LogP contribution in [0.5, 0.6) is 6.01 Å². The minimum Gasteiger partial charge on any atom is -0.464 e. The fourth-order valence-corrected chi connectivity index (χ4v) is 4.16. The van der Waals surface area contributed by atoms with Crippen molar-refractivity contribution in [3.8, 4) is 6.01 Å². The summed E-state index contributed by atoms with van der Waals surface area (Å²) in [6.07, 6.45) is 3.26. The number of carbonyl (C=O) groups is 1. The number of alkyl halides is 1. The van der Waals surface area contributed by atoms with Gasteiger partial charge < -0.3 is 9.30 Å². The third-order valence-corrected chi connectivity index (χ3v) is 5.52. The van der Waals surface area contributed by atoms with Crippen LogP contribution in [0.15, 0.2) is 20.8 Å². The number of carbonyl (C=O) groups excluding carboxylic acids is 1. The van der Waals surface area contributed by atoms with Crippen LogP contribution in [-0.2, 0) is 16.8 Å². The van der Waals surface area contributed by atoms with Crippen LogP contribution < -0.4 is 20.0 Å². The van der Waals surface area contributed by atoms with Crippen molar-refractivity contribution in [1.29, 1.82) is 0 Å². The van der Waals surface area contributed by atoms with Gasteiger partial charge in [-0.3, -0.25) is 4.39 Å². The van der Waals surface area contributed by atoms with Crippen molar-refractivity contribution in [3.63, 3.8) is 0 Å². The van der Waals surface area contributed by atoms with Gasteiger partial charge in [0, 0.05) is 24.2 Å². The quantitative estimate of drug-likeness (QED) is 0.640. The van der Waals surface area contributed by atoms with E-state index in [1.807, 2.05) is 0 Å². The maximum atomic E-state index is 12.4. The Labute approximate surface area is 163 Å². The van der Waals surface area contributed by atoms with E-state index in [1.165, 1.54) is 9.13 Å². The first-order chi connectivity index (χ1) is 13.4. The first-order valence-corrected chi connectivity index (χ1v) is 10.9. The molecule has 0 spiro atoms. The summed E-state index contributed by atoms with van der Waals surface area (Å²) in [5, 5.41) is 5.37. The largest absolute Gasteiger partial charge is 0.464 e. The second-order valence-corrected chi connectivity index (χ2v) is 8.12. The zero-order valence-corrected chi connectivity index (χ0v) is 16.6. The number of ether oxygens (including phenoxy) is 1. The second-order valence-electron chi connectivity index (χ2n) is 5.91. The van der Waals surface area contributed by atoms with Gasteiger partial charge in [-0.05, 0) is 26.2 Å². The Morgan fingerprint density at radius 2 is 2.25 bits per heavy atom. The molecule has 0 aromatic carbocycles. The first kappa shape index (κ1) is 20.3. The van der Waals surface area contributed by atoms with Gasteiger partial charge in [0.15, 0.2) is 0 Å². The van der Waals surface area contributed by atoms with Crippen LogP contribution in [0, 0.1) is 0 Å². The summed E-state index contributed by atoms with van der Waals surface area (Å²) < 4.78 is 50.4. The van der Waals surface area contributed by atoms with Crippen LogP contribution in [0.25, 0.3) is 0 Å². The summed E-state index contributed by atoms with van der Waals surface area (Å²) in [4.78, 5) is 24.8. The summed E-state index contributed by atoms with van der Waals surface area (Å²) in [5.74, 6) is 0. The zero-order chi connectivity index (χ0) is 20.3. The van der Waals surface area contributed by atoms with Gasteiger partial charge in [-0.15, -0.1) is 25.5 Å². The van der Waals surface area contributed by atoms with E-state index in [9.17, 15) is 22.4 Å². The number of thiazole rings is 1. The van der Waals surface area contributed by atoms with Crippen LogP contribution in [0.4, 0.5) is 9.18 Å². The summed E-state index contributed by atoms with van der Waals surface area (Å²) in [7, 11) is -4.47. The molecule has 2 aromatic heterocycles. The SMILES string of the molecule is CCOc1nn(C(=O)NS(=O)(=O)/N=c2\sccn2CCCF)c(=O)n1C1CC1. The van der Waals surface area contributed by atoms with Crippen molar-refractivity contribution in [1.82, 2.24) is 23.6 Å². The van der Waals surface area contributed by atoms with Gasteiger partial charge in [0.2, 0.25) is 4.80 Å². The molecule has 1 N–H and O–H groups in total. The number of aromatic nitrogens is 4. The Bertz CT molecular complexity index is 1080. The van der Waals surface area contributed by atoms with Crippen LogP contribution >= 0.6 is 11.3 Å². The molecule has 14 heteroatoms. The Morgan fingerprint density at radius 1 is 1.50 bits per heavy atom. The lowest BCUT2D eigenvalue weighted by Gasteiger charge is -2.02. The molecule has 1 amide bonds. The van der Waals surface area contributed by atoms with E-state index in [1.54, 1.807) is 23.2 Å². The average Bonchev–Trinajstić information content (AvgIpc) is 3.28. The van der Waals surface area contributed by atoms with Crippen molar-refractivity contribution in [2.24, 2.45) is 4.40 Å². The molecule has 0 unspecified atom stereocenters. The van der Waals surface area contributed by atoms with Crippen molar-refractivity contribution in [2.45, 2.75) is 38.8 Å². The minimum absolute atomic E-state index is 0.0400. The molecule has 0 saturated heterocycles. The van der Waals surface area contributed by atoms with E-state index in [2.05, 4.69) is 9.50 Å². The van der Waals surface area contributed by atoms with E-state index >= 15 is 0 Å². The van der Waals surface area contributed by atoms with Gasteiger partial charge in [-0.1, -0.05) is 0 Å². The lowest BCUT2D eigenvalue weighted by Crippen LogP contribution is -2.40. The minimum atomic E-state index is -4.47. The van der Waals surface area contributed by atoms with E-state index < -0.39 is 28.6 Å². The predicted octanol–water partition coefficient (Wildman–Crippen LogP) is 0.404. The monoisotopic (exact) mass is 434 g/mol. The molecule has 1 fully saturated rings. The molecule has 1 saturated carbocycles. The fraction of sp³-hybridized carbons (Fsp3) is 0.571. The molecule has 0 radical (unpaired) electrons. The van der Waals surface area contributed by atoms with Gasteiger partial charge >= 0.3 is 27.9 Å². The Morgan fingerprint density at radius 3 is 2.89 bits per heavy atom. The molecule has 1 aliphatic carbocycles. The lowest BCUT2D eigenvalue weighted by molar-refractivity contribution is 0.242. The van der Waals surface area contributed by atoms with Crippen LogP contribution in [-0.4, -0.2) is 46.6 Å². The van der Waals surface area contributed by atoms with Crippen molar-refractivity contribution >= 4 is 27.6 Å². The van der Waals surface area contributed by atoms with Gasteiger partial charge in [0.05, 0.1) is 13.3 Å². The summed E-state index contributed by atoms with van der Waals surface area (Å²) in [5.41, 5.74) is -0.784. The molecule has 0 bridgehead atoms. The molecule has 28 heavy (non-hydrogen) atoms. The summed E-state index contributed by atoms with van der Waals surface area (Å²) >= 11 is 1.01. The van der Waals surface area contributed by atoms with E-state index in [4.69, 9.17) is 4.74 Å². The second kappa shape index (κ2) is 8.26. The Kier molecular flexibility index (Phi) is 5.98. The molecule has 2 aromatic rings. The van der Waals surface area contributed by atoms with Gasteiger partial charge in [0.25, 0.3) is 0 Å². The normalized spacial score (nSPS) is 15.0. The lowest BCUT2D eigenvalue weighted by atomic mass is 10.5. The highest BCUT2D eigenvalue weighted by molar-refractivity contribution is 7.88. The van der Waals surface area contributed by atoms with Crippen LogP contribution in [0.3, 0.4) is 0 Å². The Hall–Kier alpha value is -2.48. The van der Waals surface area contributed by atoms with E-state index in [0.29, 0.717) is 4.68 Å². The Balaban J connectivity index is 1.85. The molecule has 154 valence electrons. The van der Waals surface area contributed by atoms with E-state index in [0.717, 1.165) is 24.2 Å². The molecule has 0 atom stereocenters. The maximum Gasteiger partial charge on any atom is 0.361 e. The van der Waals surface area contributed by atoms with Crippen molar-refractivity contribution in [3.05, 3.63) is 26.9 Å². The van der Waals surface area contributed by atoms with Gasteiger partial charge in [-0.25, -0.2) is 18.9 Å². The van der Waals surface area contributed by atoms with Crippen LogP contribution in [0.1, 0.15) is 32.2 Å². The standard InChI is InChI=1S/C14H19FN6O5S2/c1-2-26-12-16-21(14(23)20(12)10-4-5-10)11(22)17-28(24,25)18-13-19(7-3-6-15)8-9-27-13/h8-10H,2-7H2,1H3,(H,17,22)/b18-13-. The third-order valence-electron chi connectivity index (χ3n) is 3.76. The van der Waals surface area contributed by atoms with Gasteiger partial charge in [-0.2, -0.15) is 8.42 Å². The summed E-state index contributed by atoms with van der Waals surface area (Å²) in [6, 6.07) is -1.42. The molecule has 2 heterocycles. The number of hydrogen-bond acceptors (Lipinski definition) is 7. The highest BCUT2D eigenvalue weighted by Crippen LogP contribution is 2.35. The van der Waals surface area contributed by atoms with Gasteiger partial charge in [0.1, 0.15) is 0 Å². The number of rotatable bonds is 8. The topological polar surface area (TPSA) is 130 Å². The third kappa shape index (κ3) is 4.49. The number of nitrogens with zero attached hydrogens (tertiary/aromatic N) is 5. The number of hydrogen-bond donors (Lipinski definition) is 1. The number of halogens is 1. The average molecular weight is 434 g/mol. The molecular weight excluding hydrogens is 415 g/mol. The molecule has 0 aliphatic heterocycles. The number of aryl methyl sites for hydroxylation is 1. The number of amides is 1. The molecular formula is C14H19FN6O5S2. The number of nitrogens with one attached hydrogen (secondary N) is 1. The zero-order valence-electron chi connectivity index (χ0n) is 14.9. The fourth-order valence-electron chi connectivity index (χ4n) is 2.41. The van der Waals surface area contributed by atoms with Crippen LogP contribution in [0.2, 0.25) is 0 Å². The van der Waals surface area contributed by atoms with E-state index in [-0.39, 0.29) is 36.4 Å².